The van der Waals surface area contributed by atoms with Gasteiger partial charge in [0.25, 0.3) is 0 Å². The van der Waals surface area contributed by atoms with E-state index in [2.05, 4.69) is 0 Å². The molecule has 0 aromatic heterocycles. The lowest BCUT2D eigenvalue weighted by molar-refractivity contribution is -0.116. The van der Waals surface area contributed by atoms with Crippen molar-refractivity contribution >= 4 is 35.3 Å². The summed E-state index contributed by atoms with van der Waals surface area (Å²) in [5.41, 5.74) is 4.61. The van der Waals surface area contributed by atoms with Gasteiger partial charge in [-0.05, 0) is 52.6 Å². The fourth-order valence-electron chi connectivity index (χ4n) is 3.39. The normalized spacial score (nSPS) is 12.8. The molecule has 1 amide bonds. The fraction of sp³-hybridized carbons (Fsp3) is 0.0870. The second kappa shape index (κ2) is 7.01. The molecular weight excluding hydrogens is 361 g/mol. The van der Waals surface area contributed by atoms with Crippen molar-refractivity contribution in [3.8, 4) is 11.1 Å². The second-order valence-electron chi connectivity index (χ2n) is 6.54. The van der Waals surface area contributed by atoms with Gasteiger partial charge in [-0.1, -0.05) is 54.1 Å². The highest BCUT2D eigenvalue weighted by atomic mass is 35.5. The zero-order chi connectivity index (χ0) is 19.0. The number of nitrogens with zero attached hydrogens (tertiary/aromatic N) is 1. The summed E-state index contributed by atoms with van der Waals surface area (Å²) < 4.78 is 14.8. The monoisotopic (exact) mass is 377 g/mol. The molecule has 1 heterocycles. The van der Waals surface area contributed by atoms with Gasteiger partial charge in [0.1, 0.15) is 5.82 Å². The number of hydrogen-bond acceptors (Lipinski definition) is 1. The van der Waals surface area contributed by atoms with Gasteiger partial charge < -0.3 is 4.90 Å². The van der Waals surface area contributed by atoms with Crippen molar-refractivity contribution in [2.45, 2.75) is 13.5 Å². The summed E-state index contributed by atoms with van der Waals surface area (Å²) in [6.45, 7) is 1.90. The molecule has 4 rings (SSSR count). The molecular formula is C23H17ClFNO. The Morgan fingerprint density at radius 1 is 1.00 bits per heavy atom. The van der Waals surface area contributed by atoms with Crippen LogP contribution in [-0.2, 0) is 11.3 Å². The molecule has 0 saturated carbocycles. The minimum absolute atomic E-state index is 0.0783. The smallest absolute Gasteiger partial charge is 0.224 e. The number of rotatable bonds is 1. The van der Waals surface area contributed by atoms with Gasteiger partial charge in [-0.3, -0.25) is 4.79 Å². The van der Waals surface area contributed by atoms with Gasteiger partial charge in [-0.2, -0.15) is 0 Å². The Bertz CT molecular complexity index is 1060. The number of carbonyl (C=O) groups is 1. The number of anilines is 1. The van der Waals surface area contributed by atoms with E-state index in [9.17, 15) is 9.18 Å². The highest BCUT2D eigenvalue weighted by molar-refractivity contribution is 6.30. The fourth-order valence-corrected chi connectivity index (χ4v) is 3.57. The summed E-state index contributed by atoms with van der Waals surface area (Å²) in [5, 5.41) is 0.591. The van der Waals surface area contributed by atoms with Gasteiger partial charge in [-0.15, -0.1) is 0 Å². The molecule has 2 nitrogen and oxygen atoms in total. The van der Waals surface area contributed by atoms with Crippen LogP contribution in [0.5, 0.6) is 0 Å². The average molecular weight is 378 g/mol. The molecule has 4 heteroatoms. The van der Waals surface area contributed by atoms with Gasteiger partial charge >= 0.3 is 0 Å². The average Bonchev–Trinajstić information content (AvgIpc) is 2.65. The Morgan fingerprint density at radius 3 is 2.48 bits per heavy atom. The van der Waals surface area contributed by atoms with Crippen LogP contribution >= 0.6 is 11.6 Å². The van der Waals surface area contributed by atoms with Crippen LogP contribution in [0.3, 0.4) is 0 Å². The Kier molecular flexibility index (Phi) is 4.54. The largest absolute Gasteiger partial charge is 0.308 e. The van der Waals surface area contributed by atoms with Crippen LogP contribution in [0.1, 0.15) is 23.6 Å². The van der Waals surface area contributed by atoms with Crippen LogP contribution in [-0.4, -0.2) is 5.91 Å². The van der Waals surface area contributed by atoms with E-state index in [1.54, 1.807) is 11.0 Å². The summed E-state index contributed by atoms with van der Waals surface area (Å²) >= 11 is 6.11. The summed E-state index contributed by atoms with van der Waals surface area (Å²) in [5.74, 6) is -0.365. The summed E-state index contributed by atoms with van der Waals surface area (Å²) in [6, 6.07) is 18.2. The van der Waals surface area contributed by atoms with Crippen molar-refractivity contribution in [2.24, 2.45) is 0 Å². The van der Waals surface area contributed by atoms with E-state index in [0.29, 0.717) is 17.1 Å². The number of hydrogen-bond donors (Lipinski definition) is 0. The minimum Gasteiger partial charge on any atom is -0.308 e. The first kappa shape index (κ1) is 17.5. The van der Waals surface area contributed by atoms with E-state index in [4.69, 9.17) is 11.6 Å². The van der Waals surface area contributed by atoms with Crippen LogP contribution in [0.4, 0.5) is 10.1 Å². The van der Waals surface area contributed by atoms with Crippen LogP contribution in [0.25, 0.3) is 23.3 Å². The zero-order valence-corrected chi connectivity index (χ0v) is 15.5. The van der Waals surface area contributed by atoms with Gasteiger partial charge in [0.15, 0.2) is 0 Å². The number of benzene rings is 3. The highest BCUT2D eigenvalue weighted by Crippen LogP contribution is 2.33. The third-order valence-corrected chi connectivity index (χ3v) is 4.98. The molecule has 27 heavy (non-hydrogen) atoms. The first-order valence-corrected chi connectivity index (χ1v) is 9.04. The standard InChI is InChI=1S/C23H17ClFNO/c1-15(27)26-14-19-12-21(16-5-3-2-4-6-16)22(25)13-17(19)7-8-18-11-20(24)9-10-23(18)26/h2-13H,14H2,1H3. The van der Waals surface area contributed by atoms with Crippen molar-refractivity contribution in [1.82, 2.24) is 0 Å². The molecule has 134 valence electrons. The van der Waals surface area contributed by atoms with Crippen LogP contribution < -0.4 is 4.90 Å². The van der Waals surface area contributed by atoms with E-state index in [-0.39, 0.29) is 11.7 Å². The third-order valence-electron chi connectivity index (χ3n) is 4.75. The van der Waals surface area contributed by atoms with Gasteiger partial charge in [0, 0.05) is 17.5 Å². The molecule has 0 N–H and O–H groups in total. The number of carbonyl (C=O) groups excluding carboxylic acids is 1. The van der Waals surface area contributed by atoms with Crippen molar-refractivity contribution in [3.63, 3.8) is 0 Å². The quantitative estimate of drug-likeness (QED) is 0.495. The molecule has 0 bridgehead atoms. The van der Waals surface area contributed by atoms with Crippen molar-refractivity contribution < 1.29 is 9.18 Å². The van der Waals surface area contributed by atoms with Crippen LogP contribution in [0.2, 0.25) is 5.02 Å². The first-order valence-electron chi connectivity index (χ1n) is 8.66. The predicted octanol–water partition coefficient (Wildman–Crippen LogP) is 6.18. The molecule has 0 aliphatic carbocycles. The van der Waals surface area contributed by atoms with E-state index < -0.39 is 0 Å². The van der Waals surface area contributed by atoms with E-state index in [1.807, 2.05) is 60.7 Å². The molecule has 0 saturated heterocycles. The third kappa shape index (κ3) is 3.38. The van der Waals surface area contributed by atoms with Crippen molar-refractivity contribution in [2.75, 3.05) is 4.90 Å². The SMILES string of the molecule is CC(=O)N1Cc2cc(-c3ccccc3)c(F)cc2C=Cc2cc(Cl)ccc21. The molecule has 0 radical (unpaired) electrons. The highest BCUT2D eigenvalue weighted by Gasteiger charge is 2.20. The second-order valence-corrected chi connectivity index (χ2v) is 6.97. The Morgan fingerprint density at radius 2 is 1.74 bits per heavy atom. The van der Waals surface area contributed by atoms with E-state index >= 15 is 0 Å². The first-order chi connectivity index (χ1) is 13.0. The number of halogens is 2. The maximum atomic E-state index is 14.8. The summed E-state index contributed by atoms with van der Waals surface area (Å²) in [6.07, 6.45) is 3.75. The lowest BCUT2D eigenvalue weighted by Crippen LogP contribution is -2.29. The molecule has 3 aromatic rings. The molecule has 0 atom stereocenters. The maximum Gasteiger partial charge on any atom is 0.224 e. The van der Waals surface area contributed by atoms with Gasteiger partial charge in [0.05, 0.1) is 12.2 Å². The molecule has 0 unspecified atom stereocenters. The van der Waals surface area contributed by atoms with Crippen LogP contribution in [0.15, 0.2) is 60.7 Å². The lowest BCUT2D eigenvalue weighted by Gasteiger charge is -2.26. The van der Waals surface area contributed by atoms with Crippen molar-refractivity contribution in [1.29, 1.82) is 0 Å². The van der Waals surface area contributed by atoms with Crippen LogP contribution in [0, 0.1) is 5.82 Å². The Hall–Kier alpha value is -2.91. The molecule has 1 aliphatic heterocycles. The van der Waals surface area contributed by atoms with Gasteiger partial charge in [-0.25, -0.2) is 4.39 Å². The molecule has 0 fully saturated rings. The lowest BCUT2D eigenvalue weighted by atomic mass is 9.95. The summed E-state index contributed by atoms with van der Waals surface area (Å²) in [4.78, 5) is 14.0. The molecule has 1 aliphatic rings. The van der Waals surface area contributed by atoms with Gasteiger partial charge in [0.2, 0.25) is 5.91 Å². The van der Waals surface area contributed by atoms with E-state index in [1.165, 1.54) is 13.0 Å². The topological polar surface area (TPSA) is 20.3 Å². The van der Waals surface area contributed by atoms with E-state index in [0.717, 1.165) is 27.9 Å². The number of amides is 1. The molecule has 3 aromatic carbocycles. The minimum atomic E-state index is -0.286. The maximum absolute atomic E-state index is 14.8. The van der Waals surface area contributed by atoms with Crippen molar-refractivity contribution in [3.05, 3.63) is 88.2 Å². The Labute approximate surface area is 162 Å². The molecule has 0 spiro atoms. The Balaban J connectivity index is 1.89. The zero-order valence-electron chi connectivity index (χ0n) is 14.7. The number of fused-ring (bicyclic) bond motifs is 2. The summed E-state index contributed by atoms with van der Waals surface area (Å²) in [7, 11) is 0. The predicted molar refractivity (Wildman–Crippen MR) is 109 cm³/mol.